The highest BCUT2D eigenvalue weighted by Gasteiger charge is 2.12. The summed E-state index contributed by atoms with van der Waals surface area (Å²) >= 11 is 3.09. The number of halogens is 2. The highest BCUT2D eigenvalue weighted by Crippen LogP contribution is 2.24. The van der Waals surface area contributed by atoms with Gasteiger partial charge in [-0.25, -0.2) is 4.39 Å². The summed E-state index contributed by atoms with van der Waals surface area (Å²) in [5, 5.41) is 3.86. The average Bonchev–Trinajstić information content (AvgIpc) is 3.17. The summed E-state index contributed by atoms with van der Waals surface area (Å²) < 4.78 is 16.1. The third kappa shape index (κ3) is 3.82. The minimum atomic E-state index is -0.472. The number of anilines is 1. The first-order valence-corrected chi connectivity index (χ1v) is 9.55. The number of hydrogen-bond donors (Lipinski definition) is 1. The first kappa shape index (κ1) is 18.4. The summed E-state index contributed by atoms with van der Waals surface area (Å²) in [5.41, 5.74) is 3.73. The molecular weight excluding hydrogens is 421 g/mol. The van der Waals surface area contributed by atoms with Crippen molar-refractivity contribution in [2.24, 2.45) is 0 Å². The first-order valence-electron chi connectivity index (χ1n) is 8.76. The van der Waals surface area contributed by atoms with Crippen LogP contribution in [0.4, 0.5) is 10.1 Å². The van der Waals surface area contributed by atoms with Crippen molar-refractivity contribution < 1.29 is 9.18 Å². The van der Waals surface area contributed by atoms with Crippen molar-refractivity contribution in [2.75, 3.05) is 5.32 Å². The predicted molar refractivity (Wildman–Crippen MR) is 112 cm³/mol. The molecule has 2 aromatic carbocycles. The van der Waals surface area contributed by atoms with Crippen molar-refractivity contribution in [3.8, 4) is 0 Å². The van der Waals surface area contributed by atoms with E-state index in [-0.39, 0.29) is 11.5 Å². The quantitative estimate of drug-likeness (QED) is 0.455. The number of aryl methyl sites for hydroxylation is 1. The molecule has 0 aliphatic rings. The zero-order valence-corrected chi connectivity index (χ0v) is 16.7. The summed E-state index contributed by atoms with van der Waals surface area (Å²) in [5.74, 6) is -0.835. The van der Waals surface area contributed by atoms with Crippen LogP contribution in [0.2, 0.25) is 0 Å². The van der Waals surface area contributed by atoms with E-state index in [2.05, 4.69) is 36.9 Å². The van der Waals surface area contributed by atoms with Crippen LogP contribution in [0.25, 0.3) is 10.9 Å². The van der Waals surface area contributed by atoms with Crippen LogP contribution >= 0.6 is 15.9 Å². The molecule has 0 atom stereocenters. The molecule has 140 valence electrons. The Labute approximate surface area is 170 Å². The molecule has 4 nitrogen and oxygen atoms in total. The van der Waals surface area contributed by atoms with Crippen molar-refractivity contribution in [3.63, 3.8) is 0 Å². The number of aromatic nitrogens is 2. The van der Waals surface area contributed by atoms with Crippen LogP contribution in [-0.4, -0.2) is 15.5 Å². The minimum absolute atomic E-state index is 0.259. The molecule has 0 bridgehead atoms. The first-order chi connectivity index (χ1) is 13.5. The highest BCUT2D eigenvalue weighted by molar-refractivity contribution is 9.10. The molecule has 4 aromatic rings. The Balaban J connectivity index is 1.60. The van der Waals surface area contributed by atoms with E-state index in [1.54, 1.807) is 6.07 Å². The van der Waals surface area contributed by atoms with Gasteiger partial charge in [-0.15, -0.1) is 0 Å². The van der Waals surface area contributed by atoms with Crippen LogP contribution in [0, 0.1) is 12.7 Å². The fourth-order valence-electron chi connectivity index (χ4n) is 3.08. The van der Waals surface area contributed by atoms with Gasteiger partial charge in [0.1, 0.15) is 5.82 Å². The molecule has 0 radical (unpaired) electrons. The third-order valence-corrected chi connectivity index (χ3v) is 5.19. The lowest BCUT2D eigenvalue weighted by Gasteiger charge is -2.11. The van der Waals surface area contributed by atoms with Gasteiger partial charge in [-0.1, -0.05) is 0 Å². The maximum Gasteiger partial charge on any atom is 0.255 e. The molecule has 4 rings (SSSR count). The van der Waals surface area contributed by atoms with E-state index < -0.39 is 5.82 Å². The number of nitrogens with zero attached hydrogens (tertiary/aromatic N) is 2. The normalized spacial score (nSPS) is 11.0. The summed E-state index contributed by atoms with van der Waals surface area (Å²) in [6, 6.07) is 14.2. The number of nitrogens with one attached hydrogen (secondary N) is 1. The lowest BCUT2D eigenvalue weighted by molar-refractivity contribution is 0.102. The van der Waals surface area contributed by atoms with Gasteiger partial charge in [-0.2, -0.15) is 0 Å². The van der Waals surface area contributed by atoms with E-state index in [0.29, 0.717) is 10.2 Å². The van der Waals surface area contributed by atoms with E-state index in [9.17, 15) is 9.18 Å². The lowest BCUT2D eigenvalue weighted by atomic mass is 10.1. The predicted octanol–water partition coefficient (Wildman–Crippen LogP) is 5.55. The van der Waals surface area contributed by atoms with Crippen LogP contribution in [-0.2, 0) is 6.54 Å². The number of pyridine rings is 1. The van der Waals surface area contributed by atoms with E-state index in [0.717, 1.165) is 28.6 Å². The Hall–Kier alpha value is -2.99. The Morgan fingerprint density at radius 1 is 1.18 bits per heavy atom. The molecule has 1 amide bonds. The molecule has 0 aliphatic heterocycles. The summed E-state index contributed by atoms with van der Waals surface area (Å²) in [6.07, 6.45) is 5.87. The molecule has 0 fully saturated rings. The second-order valence-corrected chi connectivity index (χ2v) is 7.50. The molecule has 28 heavy (non-hydrogen) atoms. The number of hydrogen-bond acceptors (Lipinski definition) is 2. The summed E-state index contributed by atoms with van der Waals surface area (Å²) in [7, 11) is 0. The molecule has 0 spiro atoms. The molecule has 0 aliphatic carbocycles. The Kier molecular flexibility index (Phi) is 4.96. The number of fused-ring (bicyclic) bond motifs is 1. The minimum Gasteiger partial charge on any atom is -0.350 e. The van der Waals surface area contributed by atoms with Gasteiger partial charge in [0.2, 0.25) is 0 Å². The highest BCUT2D eigenvalue weighted by atomic mass is 79.9. The summed E-state index contributed by atoms with van der Waals surface area (Å²) in [6.45, 7) is 2.68. The number of carbonyl (C=O) groups is 1. The fraction of sp³-hybridized carbons (Fsp3) is 0.0909. The molecule has 2 aromatic heterocycles. The van der Waals surface area contributed by atoms with Gasteiger partial charge >= 0.3 is 0 Å². The van der Waals surface area contributed by atoms with Crippen molar-refractivity contribution >= 4 is 38.4 Å². The topological polar surface area (TPSA) is 46.9 Å². The Morgan fingerprint density at radius 2 is 1.96 bits per heavy atom. The lowest BCUT2D eigenvalue weighted by Crippen LogP contribution is -2.13. The average molecular weight is 438 g/mol. The second-order valence-electron chi connectivity index (χ2n) is 6.64. The molecule has 1 N–H and O–H groups in total. The molecule has 0 saturated heterocycles. The van der Waals surface area contributed by atoms with E-state index in [1.165, 1.54) is 12.1 Å². The molecule has 2 heterocycles. The largest absolute Gasteiger partial charge is 0.350 e. The summed E-state index contributed by atoms with van der Waals surface area (Å²) in [4.78, 5) is 17.0. The van der Waals surface area contributed by atoms with Crippen molar-refractivity contribution in [2.45, 2.75) is 13.5 Å². The van der Waals surface area contributed by atoms with Crippen molar-refractivity contribution in [3.05, 3.63) is 94.1 Å². The number of rotatable bonds is 4. The van der Waals surface area contributed by atoms with E-state index in [4.69, 9.17) is 0 Å². The third-order valence-electron chi connectivity index (χ3n) is 4.55. The SMILES string of the molecule is Cc1cc2cc(Cn3cccc3)cnc2cc1NC(=O)c1ccc(Br)c(F)c1. The number of carbonyl (C=O) groups excluding carboxylic acids is 1. The Bertz CT molecular complexity index is 1170. The van der Waals surface area contributed by atoms with Crippen LogP contribution < -0.4 is 5.32 Å². The number of benzene rings is 2. The second kappa shape index (κ2) is 7.56. The van der Waals surface area contributed by atoms with E-state index >= 15 is 0 Å². The van der Waals surface area contributed by atoms with Crippen molar-refractivity contribution in [1.82, 2.24) is 9.55 Å². The van der Waals surface area contributed by atoms with Gasteiger partial charge in [-0.05, 0) is 82.5 Å². The zero-order chi connectivity index (χ0) is 19.7. The van der Waals surface area contributed by atoms with Gasteiger partial charge in [-0.3, -0.25) is 9.78 Å². The molecule has 0 unspecified atom stereocenters. The van der Waals surface area contributed by atoms with Crippen LogP contribution in [0.5, 0.6) is 0 Å². The maximum absolute atomic E-state index is 13.7. The molecule has 0 saturated carbocycles. The van der Waals surface area contributed by atoms with Gasteiger partial charge in [0, 0.05) is 41.8 Å². The Morgan fingerprint density at radius 3 is 2.71 bits per heavy atom. The molecule has 6 heteroatoms. The molecular formula is C22H17BrFN3O. The standard InChI is InChI=1S/C22H17BrFN3O/c1-14-8-17-9-15(13-27-6-2-3-7-27)12-25-21(17)11-20(14)26-22(28)16-4-5-18(23)19(24)10-16/h2-12H,13H2,1H3,(H,26,28). The van der Waals surface area contributed by atoms with Crippen LogP contribution in [0.1, 0.15) is 21.5 Å². The zero-order valence-electron chi connectivity index (χ0n) is 15.1. The van der Waals surface area contributed by atoms with Crippen molar-refractivity contribution in [1.29, 1.82) is 0 Å². The van der Waals surface area contributed by atoms with Crippen LogP contribution in [0.3, 0.4) is 0 Å². The van der Waals surface area contributed by atoms with Gasteiger partial charge in [0.25, 0.3) is 5.91 Å². The fourth-order valence-corrected chi connectivity index (χ4v) is 3.32. The van der Waals surface area contributed by atoms with Crippen LogP contribution in [0.15, 0.2) is 71.6 Å². The van der Waals surface area contributed by atoms with Gasteiger partial charge in [0.05, 0.1) is 9.99 Å². The van der Waals surface area contributed by atoms with Gasteiger partial charge < -0.3 is 9.88 Å². The monoisotopic (exact) mass is 437 g/mol. The maximum atomic E-state index is 13.7. The smallest absolute Gasteiger partial charge is 0.255 e. The van der Waals surface area contributed by atoms with E-state index in [1.807, 2.05) is 49.8 Å². The number of amides is 1. The van der Waals surface area contributed by atoms with Gasteiger partial charge in [0.15, 0.2) is 0 Å².